The van der Waals surface area contributed by atoms with E-state index in [1.807, 2.05) is 6.07 Å². The van der Waals surface area contributed by atoms with Crippen LogP contribution in [0.1, 0.15) is 42.2 Å². The fraction of sp³-hybridized carbons (Fsp3) is 0.500. The molecule has 1 heterocycles. The molecule has 4 heteroatoms. The van der Waals surface area contributed by atoms with Crippen molar-refractivity contribution in [3.63, 3.8) is 0 Å². The maximum absolute atomic E-state index is 12.2. The fourth-order valence-corrected chi connectivity index (χ4v) is 4.38. The van der Waals surface area contributed by atoms with Crippen LogP contribution < -0.4 is 0 Å². The number of esters is 1. The molecule has 0 N–H and O–H groups in total. The number of methoxy groups -OCH3 is 1. The van der Waals surface area contributed by atoms with Crippen molar-refractivity contribution < 1.29 is 9.53 Å². The maximum Gasteiger partial charge on any atom is 0.315 e. The highest BCUT2D eigenvalue weighted by Crippen LogP contribution is 2.41. The standard InChI is InChI=1S/C16H19NO2S/c1-10-6-5-9-12-14(10)17-15(20-12)13(16(18)19-2)11-7-3-4-8-11/h5-6,9,11,13H,3-4,7-8H2,1-2H3. The van der Waals surface area contributed by atoms with Gasteiger partial charge in [-0.3, -0.25) is 4.79 Å². The van der Waals surface area contributed by atoms with Gasteiger partial charge in [0, 0.05) is 0 Å². The molecule has 3 nitrogen and oxygen atoms in total. The normalized spacial score (nSPS) is 17.5. The van der Waals surface area contributed by atoms with Crippen molar-refractivity contribution in [2.75, 3.05) is 7.11 Å². The predicted molar refractivity (Wildman–Crippen MR) is 81.1 cm³/mol. The van der Waals surface area contributed by atoms with E-state index in [0.29, 0.717) is 5.92 Å². The Hall–Kier alpha value is -1.42. The van der Waals surface area contributed by atoms with Crippen LogP contribution in [0.25, 0.3) is 10.2 Å². The van der Waals surface area contributed by atoms with Gasteiger partial charge in [-0.2, -0.15) is 0 Å². The van der Waals surface area contributed by atoms with Crippen LogP contribution >= 0.6 is 11.3 Å². The third kappa shape index (κ3) is 2.33. The van der Waals surface area contributed by atoms with E-state index in [4.69, 9.17) is 9.72 Å². The van der Waals surface area contributed by atoms with E-state index in [1.165, 1.54) is 25.5 Å². The fourth-order valence-electron chi connectivity index (χ4n) is 3.15. The van der Waals surface area contributed by atoms with Gasteiger partial charge >= 0.3 is 5.97 Å². The van der Waals surface area contributed by atoms with Crippen LogP contribution in [-0.2, 0) is 9.53 Å². The maximum atomic E-state index is 12.2. The number of hydrogen-bond donors (Lipinski definition) is 0. The van der Waals surface area contributed by atoms with Crippen LogP contribution in [0.5, 0.6) is 0 Å². The number of aromatic nitrogens is 1. The number of thiazole rings is 1. The Bertz CT molecular complexity index is 628. The van der Waals surface area contributed by atoms with Gasteiger partial charge in [0.05, 0.1) is 17.3 Å². The summed E-state index contributed by atoms with van der Waals surface area (Å²) >= 11 is 1.64. The van der Waals surface area contributed by atoms with E-state index in [1.54, 1.807) is 11.3 Å². The molecule has 20 heavy (non-hydrogen) atoms. The quantitative estimate of drug-likeness (QED) is 0.800. The Morgan fingerprint density at radius 3 is 2.80 bits per heavy atom. The highest BCUT2D eigenvalue weighted by molar-refractivity contribution is 7.18. The van der Waals surface area contributed by atoms with Crippen molar-refractivity contribution in [1.82, 2.24) is 4.98 Å². The summed E-state index contributed by atoms with van der Waals surface area (Å²) in [7, 11) is 1.48. The first kappa shape index (κ1) is 13.6. The number of carbonyl (C=O) groups excluding carboxylic acids is 1. The van der Waals surface area contributed by atoms with Gasteiger partial charge in [0.15, 0.2) is 0 Å². The third-order valence-corrected chi connectivity index (χ3v) is 5.33. The highest BCUT2D eigenvalue weighted by atomic mass is 32.1. The zero-order valence-electron chi connectivity index (χ0n) is 11.9. The van der Waals surface area contributed by atoms with Gasteiger partial charge in [0.25, 0.3) is 0 Å². The molecule has 0 radical (unpaired) electrons. The molecule has 1 fully saturated rings. The van der Waals surface area contributed by atoms with Crippen LogP contribution in [0.15, 0.2) is 18.2 Å². The molecule has 1 unspecified atom stereocenters. The van der Waals surface area contributed by atoms with Crippen LogP contribution in [0, 0.1) is 12.8 Å². The number of aryl methyl sites for hydroxylation is 1. The number of rotatable bonds is 3. The Balaban J connectivity index is 2.04. The molecule has 1 atom stereocenters. The minimum Gasteiger partial charge on any atom is -0.468 e. The molecule has 1 aliphatic rings. The molecule has 1 aromatic heterocycles. The van der Waals surface area contributed by atoms with Crippen molar-refractivity contribution in [2.24, 2.45) is 5.92 Å². The van der Waals surface area contributed by atoms with Gasteiger partial charge in [-0.25, -0.2) is 4.98 Å². The summed E-state index contributed by atoms with van der Waals surface area (Å²) in [5.74, 6) is 0.0798. The SMILES string of the molecule is COC(=O)C(c1nc2c(C)cccc2s1)C1CCCC1. The molecular formula is C16H19NO2S. The monoisotopic (exact) mass is 289 g/mol. The van der Waals surface area contributed by atoms with Crippen molar-refractivity contribution in [3.05, 3.63) is 28.8 Å². The topological polar surface area (TPSA) is 39.2 Å². The van der Waals surface area contributed by atoms with Gasteiger partial charge in [0.1, 0.15) is 10.9 Å². The van der Waals surface area contributed by atoms with Crippen molar-refractivity contribution in [2.45, 2.75) is 38.5 Å². The number of nitrogens with zero attached hydrogens (tertiary/aromatic N) is 1. The number of benzene rings is 1. The second-order valence-corrected chi connectivity index (χ2v) is 6.58. The molecule has 1 aromatic carbocycles. The molecule has 1 aliphatic carbocycles. The van der Waals surface area contributed by atoms with Gasteiger partial charge in [0.2, 0.25) is 0 Å². The smallest absolute Gasteiger partial charge is 0.315 e. The lowest BCUT2D eigenvalue weighted by Gasteiger charge is -2.18. The van der Waals surface area contributed by atoms with Gasteiger partial charge in [-0.1, -0.05) is 25.0 Å². The molecule has 3 rings (SSSR count). The molecule has 0 bridgehead atoms. The molecule has 1 saturated carbocycles. The summed E-state index contributed by atoms with van der Waals surface area (Å²) in [5, 5.41) is 0.924. The van der Waals surface area contributed by atoms with E-state index in [2.05, 4.69) is 19.1 Å². The number of carbonyl (C=O) groups is 1. The van der Waals surface area contributed by atoms with E-state index in [9.17, 15) is 4.79 Å². The first-order valence-corrected chi connectivity index (χ1v) is 7.96. The summed E-state index contributed by atoms with van der Waals surface area (Å²) in [5.41, 5.74) is 2.19. The van der Waals surface area contributed by atoms with Crippen molar-refractivity contribution in [1.29, 1.82) is 0 Å². The molecule has 106 valence electrons. The molecular weight excluding hydrogens is 270 g/mol. The number of fused-ring (bicyclic) bond motifs is 1. The molecule has 0 amide bonds. The largest absolute Gasteiger partial charge is 0.468 e. The number of para-hydroxylation sites is 1. The minimum absolute atomic E-state index is 0.131. The first-order valence-electron chi connectivity index (χ1n) is 7.14. The summed E-state index contributed by atoms with van der Waals surface area (Å²) in [6.45, 7) is 2.06. The van der Waals surface area contributed by atoms with Gasteiger partial charge in [-0.05, 0) is 37.3 Å². The number of ether oxygens (including phenoxy) is 1. The molecule has 2 aromatic rings. The Morgan fingerprint density at radius 2 is 2.15 bits per heavy atom. The average molecular weight is 289 g/mol. The summed E-state index contributed by atoms with van der Waals surface area (Å²) in [6, 6.07) is 6.18. The van der Waals surface area contributed by atoms with E-state index >= 15 is 0 Å². The van der Waals surface area contributed by atoms with Crippen LogP contribution in [0.2, 0.25) is 0 Å². The zero-order chi connectivity index (χ0) is 14.1. The van der Waals surface area contributed by atoms with Crippen LogP contribution in [0.3, 0.4) is 0 Å². The summed E-state index contributed by atoms with van der Waals surface area (Å²) < 4.78 is 6.19. The van der Waals surface area contributed by atoms with E-state index < -0.39 is 0 Å². The van der Waals surface area contributed by atoms with Crippen LogP contribution in [0.4, 0.5) is 0 Å². The Morgan fingerprint density at radius 1 is 1.40 bits per heavy atom. The summed E-state index contributed by atoms with van der Waals surface area (Å²) in [6.07, 6.45) is 4.63. The number of hydrogen-bond acceptors (Lipinski definition) is 4. The lowest BCUT2D eigenvalue weighted by Crippen LogP contribution is -2.21. The third-order valence-electron chi connectivity index (χ3n) is 4.23. The zero-order valence-corrected chi connectivity index (χ0v) is 12.7. The molecule has 0 spiro atoms. The Kier molecular flexibility index (Phi) is 3.74. The van der Waals surface area contributed by atoms with E-state index in [0.717, 1.165) is 28.1 Å². The van der Waals surface area contributed by atoms with Crippen molar-refractivity contribution >= 4 is 27.5 Å². The van der Waals surface area contributed by atoms with Gasteiger partial charge in [-0.15, -0.1) is 11.3 Å². The summed E-state index contributed by atoms with van der Waals surface area (Å²) in [4.78, 5) is 16.9. The molecule has 0 saturated heterocycles. The van der Waals surface area contributed by atoms with E-state index in [-0.39, 0.29) is 11.9 Å². The molecule has 0 aliphatic heterocycles. The van der Waals surface area contributed by atoms with Gasteiger partial charge < -0.3 is 4.74 Å². The van der Waals surface area contributed by atoms with Crippen molar-refractivity contribution in [3.8, 4) is 0 Å². The highest BCUT2D eigenvalue weighted by Gasteiger charge is 2.35. The van der Waals surface area contributed by atoms with Crippen LogP contribution in [-0.4, -0.2) is 18.1 Å². The Labute approximate surface area is 123 Å². The lowest BCUT2D eigenvalue weighted by atomic mass is 9.91. The minimum atomic E-state index is -0.181. The predicted octanol–water partition coefficient (Wildman–Crippen LogP) is 4.05. The average Bonchev–Trinajstić information content (AvgIpc) is 3.09. The first-order chi connectivity index (χ1) is 9.70. The second kappa shape index (κ2) is 5.52. The second-order valence-electron chi connectivity index (χ2n) is 5.52. The lowest BCUT2D eigenvalue weighted by molar-refractivity contribution is -0.143.